The molecule has 0 atom stereocenters. The van der Waals surface area contributed by atoms with Crippen molar-refractivity contribution in [2.24, 2.45) is 0 Å². The van der Waals surface area contributed by atoms with Crippen molar-refractivity contribution in [1.82, 2.24) is 15.6 Å². The third kappa shape index (κ3) is 5.71. The number of hydrogen-bond donors (Lipinski definition) is 2. The Morgan fingerprint density at radius 2 is 2.10 bits per heavy atom. The Hall–Kier alpha value is -1.62. The van der Waals surface area contributed by atoms with Gasteiger partial charge < -0.3 is 15.5 Å². The number of carbonyl (C=O) groups is 1. The van der Waals surface area contributed by atoms with Crippen molar-refractivity contribution in [3.63, 3.8) is 0 Å². The minimum absolute atomic E-state index is 0.0363. The van der Waals surface area contributed by atoms with Gasteiger partial charge in [-0.05, 0) is 50.9 Å². The molecular weight excluding hydrogens is 264 g/mol. The zero-order valence-electron chi connectivity index (χ0n) is 13.7. The summed E-state index contributed by atoms with van der Waals surface area (Å²) in [5, 5.41) is 6.20. The quantitative estimate of drug-likeness (QED) is 0.682. The lowest BCUT2D eigenvalue weighted by Gasteiger charge is -2.23. The number of aromatic nitrogens is 1. The molecule has 0 bridgehead atoms. The fraction of sp³-hybridized carbons (Fsp3) is 0.625. The molecule has 0 aliphatic carbocycles. The number of rotatable bonds is 9. The number of amides is 1. The molecular formula is C16H28N4O. The van der Waals surface area contributed by atoms with Gasteiger partial charge in [0.25, 0.3) is 0 Å². The van der Waals surface area contributed by atoms with E-state index < -0.39 is 0 Å². The van der Waals surface area contributed by atoms with Gasteiger partial charge in [-0.1, -0.05) is 6.92 Å². The molecule has 21 heavy (non-hydrogen) atoms. The molecule has 1 heterocycles. The lowest BCUT2D eigenvalue weighted by Crippen LogP contribution is -2.37. The Morgan fingerprint density at radius 3 is 2.67 bits per heavy atom. The lowest BCUT2D eigenvalue weighted by atomic mass is 10.2. The first-order valence-electron chi connectivity index (χ1n) is 7.80. The Bertz CT molecular complexity index is 448. The van der Waals surface area contributed by atoms with E-state index in [0.29, 0.717) is 13.1 Å². The van der Waals surface area contributed by atoms with Crippen molar-refractivity contribution in [3.05, 3.63) is 23.4 Å². The number of likely N-dealkylation sites (N-methyl/N-ethyl adjacent to an activating group) is 2. The second-order valence-electron chi connectivity index (χ2n) is 5.13. The van der Waals surface area contributed by atoms with E-state index in [0.717, 1.165) is 37.4 Å². The molecule has 0 fully saturated rings. The van der Waals surface area contributed by atoms with E-state index in [1.807, 2.05) is 31.9 Å². The number of carbonyl (C=O) groups excluding carboxylic acids is 1. The van der Waals surface area contributed by atoms with E-state index in [1.165, 1.54) is 5.56 Å². The molecule has 5 heteroatoms. The van der Waals surface area contributed by atoms with Gasteiger partial charge in [-0.2, -0.15) is 0 Å². The van der Waals surface area contributed by atoms with E-state index in [4.69, 9.17) is 0 Å². The van der Waals surface area contributed by atoms with Crippen LogP contribution in [0.4, 0.5) is 5.82 Å². The number of anilines is 1. The van der Waals surface area contributed by atoms with E-state index in [2.05, 4.69) is 28.6 Å². The molecule has 1 aromatic rings. The molecule has 2 N–H and O–H groups in total. The van der Waals surface area contributed by atoms with Gasteiger partial charge in [0.05, 0.1) is 6.54 Å². The monoisotopic (exact) mass is 292 g/mol. The SMILES string of the molecule is CCCNCc1cnc(N(CC)CC(=O)NCC)c(C)c1. The molecule has 0 radical (unpaired) electrons. The van der Waals surface area contributed by atoms with Crippen LogP contribution in [0.5, 0.6) is 0 Å². The molecule has 0 unspecified atom stereocenters. The van der Waals surface area contributed by atoms with Gasteiger partial charge in [0.15, 0.2) is 0 Å². The van der Waals surface area contributed by atoms with Crippen LogP contribution in [0.15, 0.2) is 12.3 Å². The zero-order chi connectivity index (χ0) is 15.7. The fourth-order valence-electron chi connectivity index (χ4n) is 2.23. The van der Waals surface area contributed by atoms with Gasteiger partial charge in [-0.3, -0.25) is 4.79 Å². The molecule has 0 aliphatic heterocycles. The Balaban J connectivity index is 2.74. The van der Waals surface area contributed by atoms with E-state index in [-0.39, 0.29) is 5.91 Å². The molecule has 1 aromatic heterocycles. The standard InChI is InChI=1S/C16H28N4O/c1-5-8-17-10-14-9-13(4)16(19-11-14)20(7-3)12-15(21)18-6-2/h9,11,17H,5-8,10,12H2,1-4H3,(H,18,21). The van der Waals surface area contributed by atoms with Crippen LogP contribution in [-0.2, 0) is 11.3 Å². The highest BCUT2D eigenvalue weighted by molar-refractivity contribution is 5.81. The van der Waals surface area contributed by atoms with Crippen LogP contribution in [0.1, 0.15) is 38.3 Å². The molecule has 0 spiro atoms. The minimum atomic E-state index is 0.0363. The third-order valence-electron chi connectivity index (χ3n) is 3.25. The predicted octanol–water partition coefficient (Wildman–Crippen LogP) is 1.85. The summed E-state index contributed by atoms with van der Waals surface area (Å²) in [5.41, 5.74) is 2.29. The molecule has 0 aliphatic rings. The van der Waals surface area contributed by atoms with Crippen molar-refractivity contribution in [2.75, 3.05) is 31.1 Å². The second kappa shape index (κ2) is 9.34. The van der Waals surface area contributed by atoms with E-state index in [1.54, 1.807) is 0 Å². The lowest BCUT2D eigenvalue weighted by molar-refractivity contribution is -0.119. The molecule has 118 valence electrons. The normalized spacial score (nSPS) is 10.5. The number of aryl methyl sites for hydroxylation is 1. The van der Waals surface area contributed by atoms with Crippen molar-refractivity contribution < 1.29 is 4.79 Å². The molecule has 5 nitrogen and oxygen atoms in total. The average Bonchev–Trinajstić information content (AvgIpc) is 2.46. The predicted molar refractivity (Wildman–Crippen MR) is 87.5 cm³/mol. The van der Waals surface area contributed by atoms with Crippen molar-refractivity contribution in [3.8, 4) is 0 Å². The van der Waals surface area contributed by atoms with Gasteiger partial charge in [0.1, 0.15) is 5.82 Å². The largest absolute Gasteiger partial charge is 0.355 e. The Morgan fingerprint density at radius 1 is 1.33 bits per heavy atom. The summed E-state index contributed by atoms with van der Waals surface area (Å²) < 4.78 is 0. The number of nitrogens with zero attached hydrogens (tertiary/aromatic N) is 2. The molecule has 0 saturated carbocycles. The van der Waals surface area contributed by atoms with Crippen LogP contribution in [0.25, 0.3) is 0 Å². The van der Waals surface area contributed by atoms with Crippen LogP contribution >= 0.6 is 0 Å². The highest BCUT2D eigenvalue weighted by Crippen LogP contribution is 2.17. The number of nitrogens with one attached hydrogen (secondary N) is 2. The second-order valence-corrected chi connectivity index (χ2v) is 5.13. The number of pyridine rings is 1. The van der Waals surface area contributed by atoms with Crippen molar-refractivity contribution in [2.45, 2.75) is 40.7 Å². The molecule has 0 aromatic carbocycles. The summed E-state index contributed by atoms with van der Waals surface area (Å²) in [4.78, 5) is 18.3. The first-order valence-corrected chi connectivity index (χ1v) is 7.80. The van der Waals surface area contributed by atoms with Gasteiger partial charge in [-0.15, -0.1) is 0 Å². The fourth-order valence-corrected chi connectivity index (χ4v) is 2.23. The van der Waals surface area contributed by atoms with Gasteiger partial charge in [-0.25, -0.2) is 4.98 Å². The third-order valence-corrected chi connectivity index (χ3v) is 3.25. The summed E-state index contributed by atoms with van der Waals surface area (Å²) in [5.74, 6) is 0.928. The maximum absolute atomic E-state index is 11.7. The minimum Gasteiger partial charge on any atom is -0.355 e. The molecule has 0 saturated heterocycles. The Kier molecular flexibility index (Phi) is 7.75. The summed E-state index contributed by atoms with van der Waals surface area (Å²) in [6, 6.07) is 2.14. The summed E-state index contributed by atoms with van der Waals surface area (Å²) in [6.45, 7) is 11.8. The molecule has 1 amide bonds. The summed E-state index contributed by atoms with van der Waals surface area (Å²) in [6.07, 6.45) is 3.02. The van der Waals surface area contributed by atoms with E-state index in [9.17, 15) is 4.79 Å². The Labute approximate surface area is 128 Å². The van der Waals surface area contributed by atoms with Crippen LogP contribution in [0.3, 0.4) is 0 Å². The maximum Gasteiger partial charge on any atom is 0.239 e. The van der Waals surface area contributed by atoms with Gasteiger partial charge in [0.2, 0.25) is 5.91 Å². The van der Waals surface area contributed by atoms with Crippen molar-refractivity contribution >= 4 is 11.7 Å². The van der Waals surface area contributed by atoms with E-state index >= 15 is 0 Å². The van der Waals surface area contributed by atoms with Crippen LogP contribution in [-0.4, -0.2) is 37.1 Å². The average molecular weight is 292 g/mol. The number of hydrogen-bond acceptors (Lipinski definition) is 4. The highest BCUT2D eigenvalue weighted by Gasteiger charge is 2.13. The topological polar surface area (TPSA) is 57.3 Å². The maximum atomic E-state index is 11.7. The van der Waals surface area contributed by atoms with Crippen LogP contribution in [0.2, 0.25) is 0 Å². The highest BCUT2D eigenvalue weighted by atomic mass is 16.2. The van der Waals surface area contributed by atoms with Crippen LogP contribution in [0, 0.1) is 6.92 Å². The summed E-state index contributed by atoms with van der Waals surface area (Å²) in [7, 11) is 0. The van der Waals surface area contributed by atoms with Crippen LogP contribution < -0.4 is 15.5 Å². The summed E-state index contributed by atoms with van der Waals surface area (Å²) >= 11 is 0. The zero-order valence-corrected chi connectivity index (χ0v) is 13.7. The van der Waals surface area contributed by atoms with Gasteiger partial charge in [0, 0.05) is 25.8 Å². The first kappa shape index (κ1) is 17.4. The molecule has 1 rings (SSSR count). The smallest absolute Gasteiger partial charge is 0.239 e. The van der Waals surface area contributed by atoms with Gasteiger partial charge >= 0.3 is 0 Å². The first-order chi connectivity index (χ1) is 10.1. The van der Waals surface area contributed by atoms with Crippen molar-refractivity contribution in [1.29, 1.82) is 0 Å².